The predicted molar refractivity (Wildman–Crippen MR) is 215 cm³/mol. The van der Waals surface area contributed by atoms with E-state index in [9.17, 15) is 0 Å². The Kier molecular flexibility index (Phi) is 12.7. The minimum atomic E-state index is -2.86. The Hall–Kier alpha value is -1.30. The van der Waals surface area contributed by atoms with Gasteiger partial charge in [-0.3, -0.25) is 4.90 Å². The van der Waals surface area contributed by atoms with Crippen molar-refractivity contribution >= 4 is 26.4 Å². The first kappa shape index (κ1) is 40.5. The maximum atomic E-state index is 16.1. The van der Waals surface area contributed by atoms with E-state index in [0.29, 0.717) is 18.3 Å². The molecule has 1 saturated carbocycles. The summed E-state index contributed by atoms with van der Waals surface area (Å²) in [6.07, 6.45) is 5.64. The summed E-state index contributed by atoms with van der Waals surface area (Å²) in [4.78, 5) is 3.58. The number of hydrogen-bond acceptors (Lipinski definition) is 5. The summed E-state index contributed by atoms with van der Waals surface area (Å²) in [7, 11) is -6.92. The molecular formula is C41H70N2O3SSi2. The molecule has 1 heterocycles. The van der Waals surface area contributed by atoms with Crippen molar-refractivity contribution < 1.29 is 13.1 Å². The third kappa shape index (κ3) is 9.39. The highest BCUT2D eigenvalue weighted by Crippen LogP contribution is 2.50. The van der Waals surface area contributed by atoms with Crippen LogP contribution >= 0.6 is 0 Å². The first-order valence-electron chi connectivity index (χ1n) is 19.0. The largest absolute Gasteiger partial charge is 0.415 e. The average molecular weight is 727 g/mol. The van der Waals surface area contributed by atoms with Crippen LogP contribution in [0.4, 0.5) is 0 Å². The van der Waals surface area contributed by atoms with E-state index in [0.717, 1.165) is 43.7 Å². The van der Waals surface area contributed by atoms with Crippen LogP contribution in [-0.4, -0.2) is 62.3 Å². The summed E-state index contributed by atoms with van der Waals surface area (Å²) < 4.78 is 35.8. The van der Waals surface area contributed by atoms with Gasteiger partial charge in [0.25, 0.3) is 0 Å². The highest BCUT2D eigenvalue weighted by molar-refractivity contribution is 7.93. The van der Waals surface area contributed by atoms with Gasteiger partial charge in [-0.2, -0.15) is 0 Å². The Morgan fingerprint density at radius 2 is 1.51 bits per heavy atom. The zero-order valence-electron chi connectivity index (χ0n) is 33.4. The molecule has 0 N–H and O–H groups in total. The fourth-order valence-electron chi connectivity index (χ4n) is 7.23. The molecule has 1 aliphatic carbocycles. The molecule has 5 atom stereocenters. The highest BCUT2D eigenvalue weighted by Gasteiger charge is 2.55. The van der Waals surface area contributed by atoms with Crippen molar-refractivity contribution in [3.63, 3.8) is 0 Å². The van der Waals surface area contributed by atoms with E-state index in [1.54, 1.807) is 0 Å². The van der Waals surface area contributed by atoms with Gasteiger partial charge in [-0.05, 0) is 86.1 Å². The summed E-state index contributed by atoms with van der Waals surface area (Å²) in [6.45, 7) is 32.1. The molecule has 1 saturated heterocycles. The molecule has 2 fully saturated rings. The molecule has 1 unspecified atom stereocenters. The Labute approximate surface area is 303 Å². The van der Waals surface area contributed by atoms with Crippen molar-refractivity contribution in [2.45, 2.75) is 160 Å². The standard InChI is InChI=1S/C41H70N2O3SSi2/c1-32(2)37(30-45-48(10,11)39(4,5)6)42-47(44,35-24-22-33(3)23-25-35)31-41-27-18-17-21-36(41)38(46-49(12,13)40(7,8)9)26-28-43(41)29-34-19-15-14-16-20-34/h14-16,19-20,22-25,32,36-38H,17-18,21,26-31H2,1-13H3/t36-,37+,38-,41+,47?/m0/s1. The van der Waals surface area contributed by atoms with E-state index in [4.69, 9.17) is 13.2 Å². The number of likely N-dealkylation sites (tertiary alicyclic amines) is 1. The predicted octanol–water partition coefficient (Wildman–Crippen LogP) is 11.1. The number of fused-ring (bicyclic) bond motifs is 1. The van der Waals surface area contributed by atoms with E-state index in [-0.39, 0.29) is 33.7 Å². The summed E-state index contributed by atoms with van der Waals surface area (Å²) in [5.74, 6) is 1.04. The molecule has 2 aromatic carbocycles. The van der Waals surface area contributed by atoms with Gasteiger partial charge >= 0.3 is 0 Å². The van der Waals surface area contributed by atoms with Crippen molar-refractivity contribution in [1.29, 1.82) is 0 Å². The van der Waals surface area contributed by atoms with E-state index in [2.05, 4.69) is 148 Å². The summed E-state index contributed by atoms with van der Waals surface area (Å²) in [5.41, 5.74) is 2.20. The summed E-state index contributed by atoms with van der Waals surface area (Å²) in [5, 5.41) is 0.227. The maximum absolute atomic E-state index is 16.1. The second kappa shape index (κ2) is 15.4. The number of hydrogen-bond donors (Lipinski definition) is 0. The molecule has 276 valence electrons. The maximum Gasteiger partial charge on any atom is 0.192 e. The van der Waals surface area contributed by atoms with Crippen LogP contribution in [0.1, 0.15) is 98.6 Å². The van der Waals surface area contributed by atoms with Gasteiger partial charge in [-0.25, -0.2) is 8.57 Å². The lowest BCUT2D eigenvalue weighted by molar-refractivity contribution is -0.0873. The molecule has 49 heavy (non-hydrogen) atoms. The topological polar surface area (TPSA) is 51.1 Å². The fourth-order valence-corrected chi connectivity index (χ4v) is 12.5. The number of nitrogens with zero attached hydrogens (tertiary/aromatic N) is 2. The molecule has 0 aromatic heterocycles. The first-order valence-corrected chi connectivity index (χ1v) is 26.5. The fraction of sp³-hybridized carbons (Fsp3) is 0.707. The van der Waals surface area contributed by atoms with Crippen molar-refractivity contribution in [3.05, 3.63) is 65.7 Å². The van der Waals surface area contributed by atoms with Crippen LogP contribution in [0.25, 0.3) is 0 Å². The van der Waals surface area contributed by atoms with Crippen LogP contribution in [0, 0.1) is 18.8 Å². The van der Waals surface area contributed by atoms with Crippen LogP contribution in [0.3, 0.4) is 0 Å². The van der Waals surface area contributed by atoms with Gasteiger partial charge in [0, 0.05) is 29.4 Å². The third-order valence-electron chi connectivity index (χ3n) is 12.6. The van der Waals surface area contributed by atoms with Gasteiger partial charge in [0.15, 0.2) is 16.6 Å². The summed E-state index contributed by atoms with van der Waals surface area (Å²) >= 11 is 0. The first-order chi connectivity index (χ1) is 22.6. The van der Waals surface area contributed by atoms with Gasteiger partial charge in [0.1, 0.15) is 0 Å². The van der Waals surface area contributed by atoms with Crippen LogP contribution in [0.5, 0.6) is 0 Å². The SMILES string of the molecule is Cc1ccc(S(=O)(C[C@]23CCCC[C@H]2[C@@H](O[Si](C)(C)C(C)(C)C)CCN3Cc2ccccc2)=N[C@H](CO[Si](C)(C)C(C)(C)C)C(C)C)cc1. The Bertz CT molecular complexity index is 1490. The normalized spacial score (nSPS) is 24.7. The quantitative estimate of drug-likeness (QED) is 0.204. The lowest BCUT2D eigenvalue weighted by Gasteiger charge is -2.59. The van der Waals surface area contributed by atoms with E-state index in [1.807, 2.05) is 0 Å². The van der Waals surface area contributed by atoms with Crippen molar-refractivity contribution in [2.75, 3.05) is 18.9 Å². The Balaban J connectivity index is 1.88. The zero-order chi connectivity index (χ0) is 36.5. The van der Waals surface area contributed by atoms with Crippen LogP contribution in [0.2, 0.25) is 36.3 Å². The van der Waals surface area contributed by atoms with Gasteiger partial charge in [-0.1, -0.05) is 116 Å². The minimum absolute atomic E-state index is 0.0976. The molecule has 0 radical (unpaired) electrons. The molecule has 8 heteroatoms. The summed E-state index contributed by atoms with van der Waals surface area (Å²) in [6, 6.07) is 19.1. The van der Waals surface area contributed by atoms with Crippen molar-refractivity contribution in [1.82, 2.24) is 4.90 Å². The smallest absolute Gasteiger partial charge is 0.192 e. The van der Waals surface area contributed by atoms with E-state index < -0.39 is 26.4 Å². The Morgan fingerprint density at radius 3 is 2.08 bits per heavy atom. The average Bonchev–Trinajstić information content (AvgIpc) is 3.00. The van der Waals surface area contributed by atoms with Crippen LogP contribution < -0.4 is 0 Å². The molecule has 0 bridgehead atoms. The molecular weight excluding hydrogens is 657 g/mol. The van der Waals surface area contributed by atoms with E-state index >= 15 is 4.21 Å². The molecule has 2 aliphatic rings. The van der Waals surface area contributed by atoms with Crippen molar-refractivity contribution in [2.24, 2.45) is 16.2 Å². The number of piperidine rings is 1. The second-order valence-electron chi connectivity index (χ2n) is 18.7. The lowest BCUT2D eigenvalue weighted by Crippen LogP contribution is -2.66. The number of benzene rings is 2. The molecule has 4 rings (SSSR count). The van der Waals surface area contributed by atoms with Gasteiger partial charge in [-0.15, -0.1) is 0 Å². The van der Waals surface area contributed by atoms with Crippen LogP contribution in [-0.2, 0) is 25.1 Å². The number of rotatable bonds is 12. The van der Waals surface area contributed by atoms with Gasteiger partial charge in [0.05, 0.1) is 34.2 Å². The minimum Gasteiger partial charge on any atom is -0.415 e. The van der Waals surface area contributed by atoms with Gasteiger partial charge in [0.2, 0.25) is 0 Å². The lowest BCUT2D eigenvalue weighted by atomic mass is 9.67. The van der Waals surface area contributed by atoms with Crippen LogP contribution in [0.15, 0.2) is 63.9 Å². The Morgan fingerprint density at radius 1 is 0.898 bits per heavy atom. The monoisotopic (exact) mass is 726 g/mol. The van der Waals surface area contributed by atoms with E-state index in [1.165, 1.54) is 17.5 Å². The van der Waals surface area contributed by atoms with Gasteiger partial charge < -0.3 is 8.85 Å². The zero-order valence-corrected chi connectivity index (χ0v) is 36.2. The second-order valence-corrected chi connectivity index (χ2v) is 30.5. The number of aryl methyl sites for hydroxylation is 1. The molecule has 0 spiro atoms. The molecule has 2 aromatic rings. The molecule has 1 aliphatic heterocycles. The molecule has 5 nitrogen and oxygen atoms in total. The van der Waals surface area contributed by atoms with Crippen molar-refractivity contribution in [3.8, 4) is 0 Å². The third-order valence-corrected chi connectivity index (χ3v) is 24.1. The molecule has 0 amide bonds. The highest BCUT2D eigenvalue weighted by atomic mass is 32.2.